The molecule has 0 radical (unpaired) electrons. The highest BCUT2D eigenvalue weighted by Crippen LogP contribution is 2.38. The van der Waals surface area contributed by atoms with Gasteiger partial charge in [-0.1, -0.05) is 82.9 Å². The molecule has 4 heterocycles. The molecule has 3 aromatic heterocycles. The summed E-state index contributed by atoms with van der Waals surface area (Å²) in [6.45, 7) is 16.8. The summed E-state index contributed by atoms with van der Waals surface area (Å²) in [6, 6.07) is 19.5. The zero-order valence-corrected chi connectivity index (χ0v) is 49.4. The molecular formula is C56H70FN11O10S2Si. The molecule has 0 saturated carbocycles. The third-order valence-electron chi connectivity index (χ3n) is 13.3. The molecule has 0 bridgehead atoms. The van der Waals surface area contributed by atoms with E-state index in [1.165, 1.54) is 59.1 Å². The first-order chi connectivity index (χ1) is 38.2. The van der Waals surface area contributed by atoms with Crippen LogP contribution in [0.15, 0.2) is 90.6 Å². The minimum absolute atomic E-state index is 0.00958. The molecule has 81 heavy (non-hydrogen) atoms. The number of rotatable bonds is 24. The summed E-state index contributed by atoms with van der Waals surface area (Å²) in [6.07, 6.45) is -0.398. The molecule has 1 fully saturated rings. The van der Waals surface area contributed by atoms with Gasteiger partial charge in [-0.2, -0.15) is 5.10 Å². The van der Waals surface area contributed by atoms with Crippen molar-refractivity contribution in [1.29, 1.82) is 0 Å². The molecule has 4 atom stereocenters. The van der Waals surface area contributed by atoms with Gasteiger partial charge in [-0.05, 0) is 85.3 Å². The van der Waals surface area contributed by atoms with E-state index in [0.29, 0.717) is 17.7 Å². The van der Waals surface area contributed by atoms with Crippen LogP contribution in [-0.4, -0.2) is 119 Å². The van der Waals surface area contributed by atoms with Gasteiger partial charge < -0.3 is 46.5 Å². The second-order valence-electron chi connectivity index (χ2n) is 22.0. The Kier molecular flexibility index (Phi) is 19.5. The van der Waals surface area contributed by atoms with E-state index in [0.717, 1.165) is 27.7 Å². The Hall–Kier alpha value is -7.58. The lowest BCUT2D eigenvalue weighted by atomic mass is 9.85. The number of nitrogens with zero attached hydrogens (tertiary/aromatic N) is 5. The van der Waals surface area contributed by atoms with Gasteiger partial charge in [0, 0.05) is 46.0 Å². The van der Waals surface area contributed by atoms with E-state index in [1.807, 2.05) is 31.2 Å². The number of anilines is 3. The zero-order valence-electron chi connectivity index (χ0n) is 46.8. The second-order valence-corrected chi connectivity index (χ2v) is 30.5. The molecule has 0 aliphatic carbocycles. The predicted octanol–water partition coefficient (Wildman–Crippen LogP) is 7.11. The Balaban J connectivity index is 1.04. The van der Waals surface area contributed by atoms with E-state index in [9.17, 15) is 41.9 Å². The number of benzene rings is 3. The summed E-state index contributed by atoms with van der Waals surface area (Å²) in [5.74, 6) is -3.60. The molecule has 1 aliphatic heterocycles. The Labute approximate surface area is 475 Å². The van der Waals surface area contributed by atoms with E-state index in [1.54, 1.807) is 62.7 Å². The molecule has 8 N–H and O–H groups in total. The Bertz CT molecular complexity index is 3350. The molecule has 25 heteroatoms. The first kappa shape index (κ1) is 61.0. The Morgan fingerprint density at radius 3 is 2.28 bits per heavy atom. The fourth-order valence-corrected chi connectivity index (χ4v) is 10.9. The van der Waals surface area contributed by atoms with Gasteiger partial charge in [-0.3, -0.25) is 28.7 Å². The number of nitrogens with one attached hydrogen (secondary N) is 5. The summed E-state index contributed by atoms with van der Waals surface area (Å²) in [7, 11) is -5.31. The molecule has 1 aliphatic rings. The molecule has 6 aromatic rings. The smallest absolute Gasteiger partial charge is 0.254 e. The highest BCUT2D eigenvalue weighted by molar-refractivity contribution is 7.92. The van der Waals surface area contributed by atoms with Crippen LogP contribution in [0.4, 0.5) is 21.7 Å². The largest absolute Gasteiger partial charge is 0.484 e. The number of carbonyl (C=O) groups is 5. The van der Waals surface area contributed by atoms with E-state index in [2.05, 4.69) is 55.6 Å². The van der Waals surface area contributed by atoms with E-state index < -0.39 is 89.7 Å². The van der Waals surface area contributed by atoms with Crippen LogP contribution >= 0.6 is 11.3 Å². The van der Waals surface area contributed by atoms with Crippen LogP contribution in [0.1, 0.15) is 84.7 Å². The number of aliphatic hydroxyl groups excluding tert-OH is 1. The zero-order chi connectivity index (χ0) is 59.0. The van der Waals surface area contributed by atoms with Crippen molar-refractivity contribution in [2.24, 2.45) is 11.1 Å². The fraction of sp³-hybridized carbons (Fsp3) is 0.393. The van der Waals surface area contributed by atoms with Crippen molar-refractivity contribution in [3.8, 4) is 27.4 Å². The predicted molar refractivity (Wildman–Crippen MR) is 310 cm³/mol. The molecular weight excluding hydrogens is 1100 g/mol. The highest BCUT2D eigenvalue weighted by atomic mass is 32.2. The molecule has 432 valence electrons. The van der Waals surface area contributed by atoms with Gasteiger partial charge in [0.05, 0.1) is 45.7 Å². The fourth-order valence-electron chi connectivity index (χ4n) is 8.71. The first-order valence-electron chi connectivity index (χ1n) is 26.3. The van der Waals surface area contributed by atoms with Gasteiger partial charge in [-0.25, -0.2) is 27.5 Å². The number of thiazole rings is 1. The number of hydrogen-bond donors (Lipinski definition) is 7. The van der Waals surface area contributed by atoms with Crippen LogP contribution in [0.2, 0.25) is 25.7 Å². The Morgan fingerprint density at radius 2 is 1.67 bits per heavy atom. The van der Waals surface area contributed by atoms with E-state index in [4.69, 9.17) is 20.3 Å². The SMILES string of the molecule is CCS(=O)(=O)Nc1ccc(-c2nn(COCC[Si](C)(C)C)c(Nc3ccc(C(=O)NCC(=O)NC(C(=O)N4C[C@@H](O)C[C@@H]4C(=O)NCc4ccc(-c5scnc5C)cc4)C(C)(C)C)cn3)c2C(N)=O)cc1OC(C)c1ccc(F)cc1. The lowest BCUT2D eigenvalue weighted by molar-refractivity contribution is -0.143. The van der Waals surface area contributed by atoms with Crippen LogP contribution in [0, 0.1) is 18.2 Å². The number of aliphatic hydroxyl groups is 1. The van der Waals surface area contributed by atoms with Crippen LogP contribution < -0.4 is 36.5 Å². The number of amides is 5. The monoisotopic (exact) mass is 1170 g/mol. The third-order valence-corrected chi connectivity index (χ3v) is 17.3. The van der Waals surface area contributed by atoms with Gasteiger partial charge in [0.1, 0.15) is 59.4 Å². The molecule has 7 rings (SSSR count). The summed E-state index contributed by atoms with van der Waals surface area (Å²) < 4.78 is 55.7. The van der Waals surface area contributed by atoms with Crippen molar-refractivity contribution in [1.82, 2.24) is 40.6 Å². The number of hydrogen-bond acceptors (Lipinski definition) is 15. The van der Waals surface area contributed by atoms with E-state index in [-0.39, 0.29) is 71.9 Å². The first-order valence-corrected chi connectivity index (χ1v) is 32.6. The minimum Gasteiger partial charge on any atom is -0.484 e. The summed E-state index contributed by atoms with van der Waals surface area (Å²) in [5.41, 5.74) is 10.9. The van der Waals surface area contributed by atoms with Crippen LogP contribution in [0.25, 0.3) is 21.7 Å². The quantitative estimate of drug-likeness (QED) is 0.0235. The van der Waals surface area contributed by atoms with Gasteiger partial charge in [0.15, 0.2) is 0 Å². The van der Waals surface area contributed by atoms with Crippen LogP contribution in [0.5, 0.6) is 5.75 Å². The normalized spacial score (nSPS) is 15.4. The van der Waals surface area contributed by atoms with Crippen molar-refractivity contribution in [2.45, 2.75) is 111 Å². The topological polar surface area (TPSA) is 291 Å². The molecule has 5 amide bonds. The van der Waals surface area contributed by atoms with Crippen LogP contribution in [-0.2, 0) is 42.4 Å². The summed E-state index contributed by atoms with van der Waals surface area (Å²) in [4.78, 5) is 79.4. The number of β-amino-alcohol motifs (C(OH)–C–C–N with tert-alkyl or cyclic N) is 1. The van der Waals surface area contributed by atoms with Crippen molar-refractivity contribution in [3.05, 3.63) is 124 Å². The van der Waals surface area contributed by atoms with Crippen LogP contribution in [0.3, 0.4) is 0 Å². The molecule has 0 spiro atoms. The number of halogens is 1. The van der Waals surface area contributed by atoms with Gasteiger partial charge in [0.25, 0.3) is 11.8 Å². The lowest BCUT2D eigenvalue weighted by Gasteiger charge is -2.35. The van der Waals surface area contributed by atoms with Gasteiger partial charge in [0.2, 0.25) is 27.7 Å². The third kappa shape index (κ3) is 16.1. The standard InChI is InChI=1S/C56H70FN11O10S2Si/c1-10-80(75,76)66-42-21-17-38(25-44(42)78-34(3)36-15-19-40(57)20-16-36)48-47(51(58)71)52(68(65-48)32-77-23-24-81(7,8)9)63-45-22-18-39(28-59-45)53(72)61-29-46(70)64-50(56(4,5)6)55(74)67-30-41(69)26-43(67)54(73)60-27-35-11-13-37(14-12-35)49-33(2)62-31-79-49/h11-22,25,28,31,34,41,43,50,66,69H,10,23-24,26-27,29-30,32H2,1-9H3,(H2,58,71)(H,59,63)(H,60,73)(H,61,72)(H,64,70)/t34?,41-,43+,50?/m0/s1. The number of pyridine rings is 1. The maximum Gasteiger partial charge on any atom is 0.254 e. The second kappa shape index (κ2) is 25.9. The summed E-state index contributed by atoms with van der Waals surface area (Å²) >= 11 is 1.54. The number of sulfonamides is 1. The van der Waals surface area contributed by atoms with Gasteiger partial charge in [-0.15, -0.1) is 11.3 Å². The number of ether oxygens (including phenoxy) is 2. The van der Waals surface area contributed by atoms with Crippen molar-refractivity contribution >= 4 is 76.3 Å². The number of aryl methyl sites for hydroxylation is 1. The number of carbonyl (C=O) groups excluding carboxylic acids is 5. The van der Waals surface area contributed by atoms with Gasteiger partial charge >= 0.3 is 0 Å². The lowest BCUT2D eigenvalue weighted by Crippen LogP contribution is -2.58. The summed E-state index contributed by atoms with van der Waals surface area (Å²) in [5, 5.41) is 26.7. The molecule has 2 unspecified atom stereocenters. The number of nitrogens with two attached hydrogens (primary N) is 1. The molecule has 3 aromatic carbocycles. The van der Waals surface area contributed by atoms with E-state index >= 15 is 0 Å². The highest BCUT2D eigenvalue weighted by Gasteiger charge is 2.44. The maximum absolute atomic E-state index is 14.2. The maximum atomic E-state index is 14.2. The number of likely N-dealkylation sites (tertiary alicyclic amines) is 1. The average molecular weight is 1170 g/mol. The van der Waals surface area contributed by atoms with Crippen molar-refractivity contribution < 1.29 is 51.4 Å². The van der Waals surface area contributed by atoms with Crippen molar-refractivity contribution in [2.75, 3.05) is 35.5 Å². The number of aromatic nitrogens is 4. The molecule has 21 nitrogen and oxygen atoms in total. The Morgan fingerprint density at radius 1 is 0.963 bits per heavy atom. The average Bonchev–Trinajstić information content (AvgIpc) is 4.23. The molecule has 1 saturated heterocycles. The number of primary amides is 1. The minimum atomic E-state index is -3.79. The van der Waals surface area contributed by atoms with Crippen molar-refractivity contribution in [3.63, 3.8) is 0 Å².